The number of rotatable bonds is 2. The van der Waals surface area contributed by atoms with Crippen LogP contribution < -0.4 is 9.64 Å². The van der Waals surface area contributed by atoms with Gasteiger partial charge in [0, 0.05) is 6.92 Å². The Morgan fingerprint density at radius 3 is 2.09 bits per heavy atom. The molecular weight excluding hydrogens is 282 g/mol. The fourth-order valence-electron chi connectivity index (χ4n) is 3.99. The minimum Gasteiger partial charge on any atom is -0.427 e. The highest BCUT2D eigenvalue weighted by Gasteiger charge is 2.59. The highest BCUT2D eigenvalue weighted by molar-refractivity contribution is 6.22. The summed E-state index contributed by atoms with van der Waals surface area (Å²) >= 11 is 0. The molecule has 1 aromatic carbocycles. The second-order valence-electron chi connectivity index (χ2n) is 6.10. The van der Waals surface area contributed by atoms with E-state index in [2.05, 4.69) is 12.2 Å². The third-order valence-corrected chi connectivity index (χ3v) is 4.83. The molecule has 1 aliphatic heterocycles. The van der Waals surface area contributed by atoms with Crippen molar-refractivity contribution in [1.82, 2.24) is 0 Å². The number of benzene rings is 1. The summed E-state index contributed by atoms with van der Waals surface area (Å²) in [5.41, 5.74) is 0.541. The van der Waals surface area contributed by atoms with Crippen molar-refractivity contribution >= 4 is 23.5 Å². The van der Waals surface area contributed by atoms with E-state index in [0.717, 1.165) is 6.42 Å². The molecule has 5 heteroatoms. The van der Waals surface area contributed by atoms with Crippen LogP contribution in [0.3, 0.4) is 0 Å². The lowest BCUT2D eigenvalue weighted by molar-refractivity contribution is -0.132. The number of esters is 1. The van der Waals surface area contributed by atoms with Crippen LogP contribution in [0.15, 0.2) is 36.4 Å². The van der Waals surface area contributed by atoms with E-state index in [0.29, 0.717) is 11.4 Å². The Morgan fingerprint density at radius 2 is 1.59 bits per heavy atom. The Hall–Kier alpha value is -2.43. The van der Waals surface area contributed by atoms with E-state index in [-0.39, 0.29) is 35.5 Å². The third kappa shape index (κ3) is 1.75. The number of fused-ring (bicyclic) bond motifs is 5. The first kappa shape index (κ1) is 13.2. The summed E-state index contributed by atoms with van der Waals surface area (Å²) in [6.07, 6.45) is 5.07. The zero-order chi connectivity index (χ0) is 15.4. The number of hydrogen-bond acceptors (Lipinski definition) is 4. The van der Waals surface area contributed by atoms with Gasteiger partial charge in [0.25, 0.3) is 0 Å². The van der Waals surface area contributed by atoms with Crippen LogP contribution in [0.2, 0.25) is 0 Å². The van der Waals surface area contributed by atoms with E-state index < -0.39 is 5.97 Å². The highest BCUT2D eigenvalue weighted by Crippen LogP contribution is 2.53. The van der Waals surface area contributed by atoms with Crippen molar-refractivity contribution in [2.75, 3.05) is 4.90 Å². The molecule has 2 bridgehead atoms. The first-order valence-corrected chi connectivity index (χ1v) is 7.41. The maximum atomic E-state index is 12.6. The van der Waals surface area contributed by atoms with Crippen molar-refractivity contribution in [3.8, 4) is 5.75 Å². The number of nitrogens with zero attached hydrogens (tertiary/aromatic N) is 1. The Balaban J connectivity index is 1.62. The zero-order valence-electron chi connectivity index (χ0n) is 12.1. The molecule has 5 nitrogen and oxygen atoms in total. The van der Waals surface area contributed by atoms with Crippen LogP contribution in [-0.2, 0) is 14.4 Å². The predicted octanol–water partition coefficient (Wildman–Crippen LogP) is 1.92. The van der Waals surface area contributed by atoms with E-state index in [1.807, 2.05) is 0 Å². The van der Waals surface area contributed by atoms with Gasteiger partial charge in [-0.25, -0.2) is 0 Å². The SMILES string of the molecule is CC(=O)Oc1ccc(N2C(=O)[C@H]3[C@H](C2=O)[C@H]2C=C[C@H]3C2)cc1. The van der Waals surface area contributed by atoms with Gasteiger partial charge in [-0.15, -0.1) is 0 Å². The molecule has 1 heterocycles. The molecule has 1 saturated carbocycles. The quantitative estimate of drug-likeness (QED) is 0.362. The van der Waals surface area contributed by atoms with Gasteiger partial charge in [0.05, 0.1) is 17.5 Å². The lowest BCUT2D eigenvalue weighted by Gasteiger charge is -2.17. The summed E-state index contributed by atoms with van der Waals surface area (Å²) in [5.74, 6) is -0.200. The van der Waals surface area contributed by atoms with Crippen molar-refractivity contribution in [3.05, 3.63) is 36.4 Å². The van der Waals surface area contributed by atoms with Crippen molar-refractivity contribution in [2.24, 2.45) is 23.7 Å². The molecule has 1 aromatic rings. The molecule has 3 aliphatic rings. The molecule has 2 fully saturated rings. The number of amides is 2. The van der Waals surface area contributed by atoms with Gasteiger partial charge in [-0.3, -0.25) is 19.3 Å². The second-order valence-corrected chi connectivity index (χ2v) is 6.10. The monoisotopic (exact) mass is 297 g/mol. The smallest absolute Gasteiger partial charge is 0.308 e. The maximum absolute atomic E-state index is 12.6. The minimum absolute atomic E-state index is 0.105. The van der Waals surface area contributed by atoms with Gasteiger partial charge in [0.15, 0.2) is 0 Å². The molecule has 1 saturated heterocycles. The topological polar surface area (TPSA) is 63.7 Å². The van der Waals surface area contributed by atoms with Gasteiger partial charge in [0.1, 0.15) is 5.75 Å². The predicted molar refractivity (Wildman–Crippen MR) is 78.0 cm³/mol. The first-order valence-electron chi connectivity index (χ1n) is 7.41. The van der Waals surface area contributed by atoms with E-state index in [1.54, 1.807) is 24.3 Å². The van der Waals surface area contributed by atoms with Gasteiger partial charge >= 0.3 is 5.97 Å². The molecular formula is C17H15NO4. The average Bonchev–Trinajstić information content (AvgIpc) is 3.14. The third-order valence-electron chi connectivity index (χ3n) is 4.83. The standard InChI is InChI=1S/C17H15NO4/c1-9(19)22-13-6-4-12(5-7-13)18-16(20)14-10-2-3-11(8-10)15(14)17(18)21/h2-7,10-11,14-15H,8H2,1H3/t10-,11-,14+,15+/m0/s1. The summed E-state index contributed by atoms with van der Waals surface area (Å²) in [5, 5.41) is 0. The van der Waals surface area contributed by atoms with Crippen molar-refractivity contribution < 1.29 is 19.1 Å². The number of anilines is 1. The molecule has 4 atom stereocenters. The van der Waals surface area contributed by atoms with E-state index in [4.69, 9.17) is 4.74 Å². The van der Waals surface area contributed by atoms with Crippen LogP contribution in [0, 0.1) is 23.7 Å². The Bertz CT molecular complexity index is 676. The Kier molecular flexibility index (Phi) is 2.73. The summed E-state index contributed by atoms with van der Waals surface area (Å²) in [4.78, 5) is 37.5. The van der Waals surface area contributed by atoms with Crippen LogP contribution in [0.4, 0.5) is 5.69 Å². The van der Waals surface area contributed by atoms with Gasteiger partial charge in [0.2, 0.25) is 11.8 Å². The van der Waals surface area contributed by atoms with Crippen molar-refractivity contribution in [1.29, 1.82) is 0 Å². The summed E-state index contributed by atoms with van der Waals surface area (Å²) in [6, 6.07) is 6.48. The molecule has 2 aliphatic carbocycles. The number of allylic oxidation sites excluding steroid dienone is 2. The molecule has 0 radical (unpaired) electrons. The zero-order valence-corrected chi connectivity index (χ0v) is 12.1. The van der Waals surface area contributed by atoms with Gasteiger partial charge in [-0.2, -0.15) is 0 Å². The van der Waals surface area contributed by atoms with Crippen LogP contribution >= 0.6 is 0 Å². The van der Waals surface area contributed by atoms with Crippen LogP contribution in [0.1, 0.15) is 13.3 Å². The molecule has 0 unspecified atom stereocenters. The fraction of sp³-hybridized carbons (Fsp3) is 0.353. The maximum Gasteiger partial charge on any atom is 0.308 e. The van der Waals surface area contributed by atoms with E-state index in [1.165, 1.54) is 11.8 Å². The summed E-state index contributed by atoms with van der Waals surface area (Å²) in [6.45, 7) is 1.32. The summed E-state index contributed by atoms with van der Waals surface area (Å²) < 4.78 is 4.97. The number of ether oxygens (including phenoxy) is 1. The van der Waals surface area contributed by atoms with Crippen LogP contribution in [0.25, 0.3) is 0 Å². The number of carbonyl (C=O) groups is 3. The fourth-order valence-corrected chi connectivity index (χ4v) is 3.99. The lowest BCUT2D eigenvalue weighted by atomic mass is 9.85. The van der Waals surface area contributed by atoms with Crippen molar-refractivity contribution in [2.45, 2.75) is 13.3 Å². The van der Waals surface area contributed by atoms with Gasteiger partial charge in [-0.05, 0) is 42.5 Å². The Morgan fingerprint density at radius 1 is 1.05 bits per heavy atom. The molecule has 0 spiro atoms. The van der Waals surface area contributed by atoms with Crippen LogP contribution in [0.5, 0.6) is 5.75 Å². The van der Waals surface area contributed by atoms with Crippen LogP contribution in [-0.4, -0.2) is 17.8 Å². The number of hydrogen-bond donors (Lipinski definition) is 0. The molecule has 0 N–H and O–H groups in total. The van der Waals surface area contributed by atoms with Gasteiger partial charge in [-0.1, -0.05) is 12.2 Å². The molecule has 0 aromatic heterocycles. The normalized spacial score (nSPS) is 31.8. The number of carbonyl (C=O) groups excluding carboxylic acids is 3. The van der Waals surface area contributed by atoms with E-state index >= 15 is 0 Å². The van der Waals surface area contributed by atoms with Gasteiger partial charge < -0.3 is 4.74 Å². The average molecular weight is 297 g/mol. The molecule has 22 heavy (non-hydrogen) atoms. The minimum atomic E-state index is -0.404. The molecule has 2 amide bonds. The molecule has 4 rings (SSSR count). The van der Waals surface area contributed by atoms with Crippen molar-refractivity contribution in [3.63, 3.8) is 0 Å². The number of imide groups is 1. The second kappa shape index (κ2) is 4.53. The Labute approximate surface area is 127 Å². The lowest BCUT2D eigenvalue weighted by Crippen LogP contribution is -2.32. The highest BCUT2D eigenvalue weighted by atomic mass is 16.5. The largest absolute Gasteiger partial charge is 0.427 e. The summed E-state index contributed by atoms with van der Waals surface area (Å²) in [7, 11) is 0. The molecule has 112 valence electrons. The first-order chi connectivity index (χ1) is 10.6. The van der Waals surface area contributed by atoms with E-state index in [9.17, 15) is 14.4 Å².